The number of hydrogen-bond donors (Lipinski definition) is 1. The van der Waals surface area contributed by atoms with Gasteiger partial charge in [-0.25, -0.2) is 14.5 Å². The number of cyclic esters (lactones) is 1. The maximum Gasteiger partial charge on any atom is 0.417 e. The van der Waals surface area contributed by atoms with Crippen LogP contribution in [0, 0.1) is 5.92 Å². The summed E-state index contributed by atoms with van der Waals surface area (Å²) in [5.41, 5.74) is 0.134. The third kappa shape index (κ3) is 4.75. The molecule has 0 aliphatic carbocycles. The van der Waals surface area contributed by atoms with E-state index in [0.29, 0.717) is 12.8 Å². The van der Waals surface area contributed by atoms with Crippen LogP contribution in [0.4, 0.5) is 9.59 Å². The number of ether oxygens (including phenoxy) is 2. The number of nitrogens with zero attached hydrogens (tertiary/aromatic N) is 2. The van der Waals surface area contributed by atoms with Crippen LogP contribution < -0.4 is 0 Å². The zero-order valence-electron chi connectivity index (χ0n) is 19.6. The molecule has 8 heteroatoms. The fourth-order valence-electron chi connectivity index (χ4n) is 4.53. The van der Waals surface area contributed by atoms with Crippen molar-refractivity contribution in [3.8, 4) is 0 Å². The van der Waals surface area contributed by atoms with Crippen LogP contribution in [0.1, 0.15) is 66.1 Å². The van der Waals surface area contributed by atoms with Crippen LogP contribution in [0.3, 0.4) is 0 Å². The molecule has 0 unspecified atom stereocenters. The molecule has 2 saturated heterocycles. The van der Waals surface area contributed by atoms with E-state index in [1.807, 2.05) is 37.3 Å². The van der Waals surface area contributed by atoms with Crippen molar-refractivity contribution in [2.24, 2.45) is 5.92 Å². The standard InChI is InChI=1S/C24H34N2O6/c1-14-12-13-18(25(14)23(30)32-24(4,5)6)19(27)15(2)21(28)26-16(3)20(31-22(26)29)17-10-8-7-9-11-17/h7-11,14-16,18-20,27H,12-13H2,1-6H3/t14-,15+,16+,18-,19+,20+/m0/s1. The van der Waals surface area contributed by atoms with Crippen LogP contribution in [-0.4, -0.2) is 62.8 Å². The first kappa shape index (κ1) is 24.0. The molecule has 2 fully saturated rings. The summed E-state index contributed by atoms with van der Waals surface area (Å²) in [5.74, 6) is -1.42. The lowest BCUT2D eigenvalue weighted by molar-refractivity contribution is -0.138. The van der Waals surface area contributed by atoms with Crippen molar-refractivity contribution >= 4 is 18.1 Å². The van der Waals surface area contributed by atoms with Crippen molar-refractivity contribution in [3.63, 3.8) is 0 Å². The number of imide groups is 1. The van der Waals surface area contributed by atoms with Gasteiger partial charge in [0.15, 0.2) is 0 Å². The molecule has 1 N–H and O–H groups in total. The van der Waals surface area contributed by atoms with Crippen LogP contribution in [0.2, 0.25) is 0 Å². The minimum absolute atomic E-state index is 0.120. The number of aliphatic hydroxyl groups excluding tert-OH is 1. The summed E-state index contributed by atoms with van der Waals surface area (Å²) in [5, 5.41) is 11.1. The molecule has 1 aromatic carbocycles. The Morgan fingerprint density at radius 1 is 1.16 bits per heavy atom. The average molecular weight is 447 g/mol. The summed E-state index contributed by atoms with van der Waals surface area (Å²) < 4.78 is 11.0. The molecule has 3 rings (SSSR count). The van der Waals surface area contributed by atoms with Gasteiger partial charge in [-0.05, 0) is 53.0 Å². The number of benzene rings is 1. The van der Waals surface area contributed by atoms with Crippen molar-refractivity contribution in [1.29, 1.82) is 0 Å². The van der Waals surface area contributed by atoms with E-state index in [1.54, 1.807) is 34.6 Å². The monoisotopic (exact) mass is 446 g/mol. The lowest BCUT2D eigenvalue weighted by Crippen LogP contribution is -2.53. The lowest BCUT2D eigenvalue weighted by atomic mass is 9.94. The minimum Gasteiger partial charge on any atom is -0.444 e. The smallest absolute Gasteiger partial charge is 0.417 e. The second-order valence-corrected chi connectivity index (χ2v) is 9.82. The molecule has 8 nitrogen and oxygen atoms in total. The van der Waals surface area contributed by atoms with Gasteiger partial charge >= 0.3 is 12.2 Å². The van der Waals surface area contributed by atoms with Gasteiger partial charge in [0.2, 0.25) is 5.91 Å². The SMILES string of the molecule is C[C@@H]1[C@H](c2ccccc2)OC(=O)N1C(=O)[C@H](C)[C@@H](O)[C@@H]1CC[C@H](C)N1C(=O)OC(C)(C)C. The molecule has 2 heterocycles. The van der Waals surface area contributed by atoms with Gasteiger partial charge in [-0.2, -0.15) is 0 Å². The molecule has 1 aromatic rings. The third-order valence-electron chi connectivity index (χ3n) is 6.25. The lowest BCUT2D eigenvalue weighted by Gasteiger charge is -2.35. The van der Waals surface area contributed by atoms with Crippen molar-refractivity contribution in [2.75, 3.05) is 0 Å². The molecule has 2 aliphatic rings. The number of carbonyl (C=O) groups is 3. The number of aliphatic hydroxyl groups is 1. The molecule has 0 aromatic heterocycles. The molecular weight excluding hydrogens is 412 g/mol. The Bertz CT molecular complexity index is 852. The zero-order valence-corrected chi connectivity index (χ0v) is 19.6. The highest BCUT2D eigenvalue weighted by molar-refractivity contribution is 5.95. The van der Waals surface area contributed by atoms with Crippen LogP contribution in [0.15, 0.2) is 30.3 Å². The predicted octanol–water partition coefficient (Wildman–Crippen LogP) is 3.88. The van der Waals surface area contributed by atoms with Gasteiger partial charge in [-0.1, -0.05) is 37.3 Å². The van der Waals surface area contributed by atoms with Gasteiger partial charge in [0.05, 0.1) is 24.1 Å². The largest absolute Gasteiger partial charge is 0.444 e. The molecule has 32 heavy (non-hydrogen) atoms. The second-order valence-electron chi connectivity index (χ2n) is 9.82. The highest BCUT2D eigenvalue weighted by atomic mass is 16.6. The first-order valence-corrected chi connectivity index (χ1v) is 11.2. The van der Waals surface area contributed by atoms with Gasteiger partial charge < -0.3 is 14.6 Å². The molecule has 6 atom stereocenters. The van der Waals surface area contributed by atoms with Crippen molar-refractivity contribution in [1.82, 2.24) is 9.80 Å². The topological polar surface area (TPSA) is 96.4 Å². The Morgan fingerprint density at radius 2 is 1.78 bits per heavy atom. The first-order valence-electron chi connectivity index (χ1n) is 11.2. The number of carbonyl (C=O) groups excluding carboxylic acids is 3. The number of rotatable bonds is 4. The Hall–Kier alpha value is -2.61. The van der Waals surface area contributed by atoms with Crippen molar-refractivity contribution in [2.45, 2.75) is 90.3 Å². The highest BCUT2D eigenvalue weighted by Gasteiger charge is 2.48. The van der Waals surface area contributed by atoms with Gasteiger partial charge in [-0.3, -0.25) is 9.69 Å². The third-order valence-corrected chi connectivity index (χ3v) is 6.25. The van der Waals surface area contributed by atoms with E-state index in [2.05, 4.69) is 0 Å². The zero-order chi connectivity index (χ0) is 23.8. The van der Waals surface area contributed by atoms with Crippen molar-refractivity contribution in [3.05, 3.63) is 35.9 Å². The quantitative estimate of drug-likeness (QED) is 0.754. The molecule has 0 spiro atoms. The Balaban J connectivity index is 1.74. The number of amides is 3. The van der Waals surface area contributed by atoms with E-state index in [1.165, 1.54) is 4.90 Å². The number of hydrogen-bond acceptors (Lipinski definition) is 6. The maximum absolute atomic E-state index is 13.3. The van der Waals surface area contributed by atoms with Gasteiger partial charge in [-0.15, -0.1) is 0 Å². The summed E-state index contributed by atoms with van der Waals surface area (Å²) >= 11 is 0. The van der Waals surface area contributed by atoms with E-state index >= 15 is 0 Å². The summed E-state index contributed by atoms with van der Waals surface area (Å²) in [6, 6.07) is 8.04. The summed E-state index contributed by atoms with van der Waals surface area (Å²) in [7, 11) is 0. The van der Waals surface area contributed by atoms with Crippen LogP contribution in [-0.2, 0) is 14.3 Å². The first-order chi connectivity index (χ1) is 14.9. The van der Waals surface area contributed by atoms with E-state index < -0.39 is 53.9 Å². The molecule has 0 bridgehead atoms. The van der Waals surface area contributed by atoms with E-state index in [0.717, 1.165) is 10.5 Å². The normalized spacial score (nSPS) is 27.8. The van der Waals surface area contributed by atoms with Gasteiger partial charge in [0.1, 0.15) is 11.7 Å². The fourth-order valence-corrected chi connectivity index (χ4v) is 4.53. The molecule has 0 radical (unpaired) electrons. The van der Waals surface area contributed by atoms with Gasteiger partial charge in [0, 0.05) is 6.04 Å². The van der Waals surface area contributed by atoms with Crippen LogP contribution in [0.25, 0.3) is 0 Å². The van der Waals surface area contributed by atoms with Crippen molar-refractivity contribution < 1.29 is 29.0 Å². The van der Waals surface area contributed by atoms with E-state index in [4.69, 9.17) is 9.47 Å². The van der Waals surface area contributed by atoms with Gasteiger partial charge in [0.25, 0.3) is 0 Å². The fraction of sp³-hybridized carbons (Fsp3) is 0.625. The average Bonchev–Trinajstić information content (AvgIpc) is 3.25. The minimum atomic E-state index is -1.14. The molecular formula is C24H34N2O6. The Kier molecular flexibility index (Phi) is 6.83. The predicted molar refractivity (Wildman–Crippen MR) is 118 cm³/mol. The maximum atomic E-state index is 13.3. The molecule has 176 valence electrons. The summed E-state index contributed by atoms with van der Waals surface area (Å²) in [4.78, 5) is 41.2. The summed E-state index contributed by atoms with van der Waals surface area (Å²) in [6.07, 6.45) is -1.70. The molecule has 3 amide bonds. The highest BCUT2D eigenvalue weighted by Crippen LogP contribution is 2.35. The summed E-state index contributed by atoms with van der Waals surface area (Å²) in [6.45, 7) is 10.6. The van der Waals surface area contributed by atoms with Crippen LogP contribution in [0.5, 0.6) is 0 Å². The molecule has 0 saturated carbocycles. The van der Waals surface area contributed by atoms with Crippen LogP contribution >= 0.6 is 0 Å². The molecule has 2 aliphatic heterocycles. The Morgan fingerprint density at radius 3 is 2.38 bits per heavy atom. The van der Waals surface area contributed by atoms with E-state index in [-0.39, 0.29) is 6.04 Å². The Labute approximate surface area is 189 Å². The van der Waals surface area contributed by atoms with E-state index in [9.17, 15) is 19.5 Å². The second kappa shape index (κ2) is 9.10. The number of likely N-dealkylation sites (tertiary alicyclic amines) is 1.